The second-order valence-electron chi connectivity index (χ2n) is 7.36. The lowest BCUT2D eigenvalue weighted by molar-refractivity contribution is 0.122. The predicted molar refractivity (Wildman–Crippen MR) is 134 cm³/mol. The molecule has 0 radical (unpaired) electrons. The molecule has 180 valence electrons. The summed E-state index contributed by atoms with van der Waals surface area (Å²) in [5.41, 5.74) is 2.68. The van der Waals surface area contributed by atoms with Crippen LogP contribution in [0.3, 0.4) is 0 Å². The zero-order valence-corrected chi connectivity index (χ0v) is 20.0. The summed E-state index contributed by atoms with van der Waals surface area (Å²) in [6, 6.07) is 14.7. The van der Waals surface area contributed by atoms with Gasteiger partial charge in [-0.3, -0.25) is 10.3 Å². The Morgan fingerprint density at radius 2 is 1.88 bits per heavy atom. The number of amides is 2. The van der Waals surface area contributed by atoms with E-state index in [1.54, 1.807) is 12.3 Å². The maximum atomic E-state index is 12.5. The number of carbonyl (C=O) groups excluding carboxylic acids is 1. The van der Waals surface area contributed by atoms with Crippen LogP contribution in [0.25, 0.3) is 0 Å². The molecule has 0 unspecified atom stereocenters. The zero-order chi connectivity index (χ0) is 24.2. The third kappa shape index (κ3) is 7.70. The SMILES string of the molecule is CC.Cc1cccc(NC(=O)Nc2nc(OCCc3ccccn3)cc(N3CCOCC3)n2)c1. The molecule has 34 heavy (non-hydrogen) atoms. The molecule has 0 atom stereocenters. The molecular weight excluding hydrogens is 432 g/mol. The molecule has 1 saturated heterocycles. The molecule has 0 spiro atoms. The molecular formula is C25H32N6O3. The highest BCUT2D eigenvalue weighted by atomic mass is 16.5. The van der Waals surface area contributed by atoms with E-state index in [1.807, 2.05) is 63.2 Å². The van der Waals surface area contributed by atoms with Crippen LogP contribution in [0.15, 0.2) is 54.7 Å². The number of hydrogen-bond donors (Lipinski definition) is 2. The van der Waals surface area contributed by atoms with Crippen molar-refractivity contribution < 1.29 is 14.3 Å². The van der Waals surface area contributed by atoms with Gasteiger partial charge in [0.05, 0.1) is 19.8 Å². The fourth-order valence-corrected chi connectivity index (χ4v) is 3.29. The van der Waals surface area contributed by atoms with E-state index in [0.29, 0.717) is 56.7 Å². The van der Waals surface area contributed by atoms with Gasteiger partial charge in [0.15, 0.2) is 0 Å². The molecule has 1 aliphatic rings. The molecule has 0 saturated carbocycles. The van der Waals surface area contributed by atoms with Gasteiger partial charge < -0.3 is 19.7 Å². The second kappa shape index (κ2) is 13.1. The van der Waals surface area contributed by atoms with Gasteiger partial charge in [-0.2, -0.15) is 9.97 Å². The first-order valence-electron chi connectivity index (χ1n) is 11.5. The lowest BCUT2D eigenvalue weighted by atomic mass is 10.2. The molecule has 2 N–H and O–H groups in total. The van der Waals surface area contributed by atoms with Gasteiger partial charge in [-0.15, -0.1) is 0 Å². The van der Waals surface area contributed by atoms with Gasteiger partial charge in [-0.25, -0.2) is 4.79 Å². The summed E-state index contributed by atoms with van der Waals surface area (Å²) in [7, 11) is 0. The monoisotopic (exact) mass is 464 g/mol. The molecule has 2 amide bonds. The van der Waals surface area contributed by atoms with Crippen LogP contribution >= 0.6 is 0 Å². The molecule has 9 nitrogen and oxygen atoms in total. The highest BCUT2D eigenvalue weighted by Gasteiger charge is 2.17. The number of aromatic nitrogens is 3. The lowest BCUT2D eigenvalue weighted by Crippen LogP contribution is -2.37. The minimum Gasteiger partial charge on any atom is -0.477 e. The molecule has 3 heterocycles. The van der Waals surface area contributed by atoms with Crippen LogP contribution < -0.4 is 20.3 Å². The molecule has 9 heteroatoms. The number of anilines is 3. The molecule has 3 aromatic rings. The van der Waals surface area contributed by atoms with Crippen LogP contribution in [0.1, 0.15) is 25.1 Å². The number of nitrogens with zero attached hydrogens (tertiary/aromatic N) is 4. The molecule has 1 aliphatic heterocycles. The Balaban J connectivity index is 0.00000158. The summed E-state index contributed by atoms with van der Waals surface area (Å²) in [6.07, 6.45) is 2.40. The number of pyridine rings is 1. The minimum absolute atomic E-state index is 0.173. The molecule has 1 aromatic carbocycles. The van der Waals surface area contributed by atoms with Crippen LogP contribution in [0, 0.1) is 6.92 Å². The van der Waals surface area contributed by atoms with Crippen molar-refractivity contribution >= 4 is 23.5 Å². The highest BCUT2D eigenvalue weighted by molar-refractivity contribution is 5.98. The topological polar surface area (TPSA) is 102 Å². The highest BCUT2D eigenvalue weighted by Crippen LogP contribution is 2.21. The Hall–Kier alpha value is -3.72. The molecule has 4 rings (SSSR count). The van der Waals surface area contributed by atoms with Crippen molar-refractivity contribution in [3.8, 4) is 5.88 Å². The van der Waals surface area contributed by atoms with E-state index in [4.69, 9.17) is 9.47 Å². The van der Waals surface area contributed by atoms with Crippen molar-refractivity contribution in [3.63, 3.8) is 0 Å². The summed E-state index contributed by atoms with van der Waals surface area (Å²) < 4.78 is 11.3. The Kier molecular flexibility index (Phi) is 9.60. The third-order valence-corrected chi connectivity index (χ3v) is 4.86. The summed E-state index contributed by atoms with van der Waals surface area (Å²) in [6.45, 7) is 9.03. The Labute approximate surface area is 200 Å². The predicted octanol–water partition coefficient (Wildman–Crippen LogP) is 4.31. The molecule has 0 aliphatic carbocycles. The average Bonchev–Trinajstić information content (AvgIpc) is 2.86. The van der Waals surface area contributed by atoms with Crippen molar-refractivity contribution in [1.82, 2.24) is 15.0 Å². The number of rotatable bonds is 7. The van der Waals surface area contributed by atoms with E-state index < -0.39 is 6.03 Å². The summed E-state index contributed by atoms with van der Waals surface area (Å²) >= 11 is 0. The fraction of sp³-hybridized carbons (Fsp3) is 0.360. The van der Waals surface area contributed by atoms with Crippen molar-refractivity contribution in [2.45, 2.75) is 27.2 Å². The van der Waals surface area contributed by atoms with Gasteiger partial charge in [-0.1, -0.05) is 32.0 Å². The van der Waals surface area contributed by atoms with Gasteiger partial charge in [0.25, 0.3) is 0 Å². The van der Waals surface area contributed by atoms with Gasteiger partial charge >= 0.3 is 6.03 Å². The number of carbonyl (C=O) groups is 1. The van der Waals surface area contributed by atoms with Gasteiger partial charge in [-0.05, 0) is 36.8 Å². The standard InChI is InChI=1S/C23H26N6O3.C2H6/c1-17-5-4-7-19(15-17)25-23(30)28-22-26-20(29-10-13-31-14-11-29)16-21(27-22)32-12-8-18-6-2-3-9-24-18;1-2/h2-7,9,15-16H,8,10-14H2,1H3,(H2,25,26,27,28,30);1-2H3. The van der Waals surface area contributed by atoms with Crippen molar-refractivity contribution in [2.24, 2.45) is 0 Å². The van der Waals surface area contributed by atoms with Crippen molar-refractivity contribution in [1.29, 1.82) is 0 Å². The number of morpholine rings is 1. The zero-order valence-electron chi connectivity index (χ0n) is 20.0. The van der Waals surface area contributed by atoms with E-state index in [1.165, 1.54) is 0 Å². The van der Waals surface area contributed by atoms with Gasteiger partial charge in [0.2, 0.25) is 11.8 Å². The number of ether oxygens (including phenoxy) is 2. The Morgan fingerprint density at radius 1 is 1.06 bits per heavy atom. The summed E-state index contributed by atoms with van der Waals surface area (Å²) in [5.74, 6) is 1.25. The fourth-order valence-electron chi connectivity index (χ4n) is 3.29. The van der Waals surface area contributed by atoms with Crippen molar-refractivity contribution in [2.75, 3.05) is 48.4 Å². The maximum absolute atomic E-state index is 12.5. The summed E-state index contributed by atoms with van der Waals surface area (Å²) in [4.78, 5) is 27.8. The third-order valence-electron chi connectivity index (χ3n) is 4.86. The maximum Gasteiger partial charge on any atom is 0.326 e. The number of aryl methyl sites for hydroxylation is 1. The van der Waals surface area contributed by atoms with Crippen LogP contribution in [0.4, 0.5) is 22.2 Å². The van der Waals surface area contributed by atoms with E-state index >= 15 is 0 Å². The number of benzene rings is 1. The van der Waals surface area contributed by atoms with Crippen LogP contribution in [0.5, 0.6) is 5.88 Å². The van der Waals surface area contributed by atoms with E-state index in [2.05, 4.69) is 30.5 Å². The lowest BCUT2D eigenvalue weighted by Gasteiger charge is -2.28. The minimum atomic E-state index is -0.422. The first kappa shape index (κ1) is 24.9. The van der Waals surface area contributed by atoms with Crippen LogP contribution in [-0.2, 0) is 11.2 Å². The smallest absolute Gasteiger partial charge is 0.326 e. The van der Waals surface area contributed by atoms with E-state index in [-0.39, 0.29) is 5.95 Å². The van der Waals surface area contributed by atoms with Gasteiger partial charge in [0, 0.05) is 43.2 Å². The van der Waals surface area contributed by atoms with Crippen LogP contribution in [-0.4, -0.2) is 53.9 Å². The average molecular weight is 465 g/mol. The number of urea groups is 1. The first-order valence-corrected chi connectivity index (χ1v) is 11.5. The Morgan fingerprint density at radius 3 is 2.62 bits per heavy atom. The normalized spacial score (nSPS) is 12.9. The molecule has 0 bridgehead atoms. The van der Waals surface area contributed by atoms with Crippen LogP contribution in [0.2, 0.25) is 0 Å². The Bertz CT molecular complexity index is 1040. The largest absolute Gasteiger partial charge is 0.477 e. The van der Waals surface area contributed by atoms with E-state index in [9.17, 15) is 4.79 Å². The number of hydrogen-bond acceptors (Lipinski definition) is 7. The summed E-state index contributed by atoms with van der Waals surface area (Å²) in [5, 5.41) is 5.52. The quantitative estimate of drug-likeness (QED) is 0.537. The first-order chi connectivity index (χ1) is 16.7. The molecule has 2 aromatic heterocycles. The number of nitrogens with one attached hydrogen (secondary N) is 2. The molecule has 1 fully saturated rings. The van der Waals surface area contributed by atoms with E-state index in [0.717, 1.165) is 11.3 Å². The van der Waals surface area contributed by atoms with Gasteiger partial charge in [0.1, 0.15) is 5.82 Å². The van der Waals surface area contributed by atoms with Crippen molar-refractivity contribution in [3.05, 3.63) is 66.0 Å². The second-order valence-corrected chi connectivity index (χ2v) is 7.36.